The molecule has 0 aromatic carbocycles. The summed E-state index contributed by atoms with van der Waals surface area (Å²) >= 11 is 0. The number of aryl methyl sites for hydroxylation is 1. The number of carbonyl (C=O) groups is 1. The number of aromatic nitrogens is 2. The number of aliphatic hydroxyl groups excluding tert-OH is 1. The summed E-state index contributed by atoms with van der Waals surface area (Å²) in [5, 5.41) is 12.8. The van der Waals surface area contributed by atoms with E-state index in [1.165, 1.54) is 4.90 Å². The second-order valence-corrected chi connectivity index (χ2v) is 3.37. The summed E-state index contributed by atoms with van der Waals surface area (Å²) in [6.45, 7) is 2.35. The molecule has 2 rings (SSSR count). The minimum Gasteiger partial charge on any atom is -0.391 e. The predicted molar refractivity (Wildman–Crippen MR) is 45.1 cm³/mol. The second kappa shape index (κ2) is 3.38. The summed E-state index contributed by atoms with van der Waals surface area (Å²) in [4.78, 5) is 16.8. The Labute approximate surface area is 80.5 Å². The molecule has 6 nitrogen and oxygen atoms in total. The second-order valence-electron chi connectivity index (χ2n) is 3.37. The number of amides is 1. The van der Waals surface area contributed by atoms with Crippen molar-refractivity contribution in [3.8, 4) is 0 Å². The van der Waals surface area contributed by atoms with Crippen molar-refractivity contribution < 1.29 is 14.4 Å². The Morgan fingerprint density at radius 1 is 1.71 bits per heavy atom. The number of nitrogens with zero attached hydrogens (tertiary/aromatic N) is 3. The number of carbonyl (C=O) groups excluding carboxylic acids is 1. The van der Waals surface area contributed by atoms with Crippen molar-refractivity contribution in [2.45, 2.75) is 26.0 Å². The van der Waals surface area contributed by atoms with Gasteiger partial charge in [-0.1, -0.05) is 5.16 Å². The molecule has 1 aliphatic heterocycles. The summed E-state index contributed by atoms with van der Waals surface area (Å²) in [6.07, 6.45) is -0.376. The van der Waals surface area contributed by atoms with E-state index in [1.807, 2.05) is 0 Å². The van der Waals surface area contributed by atoms with E-state index >= 15 is 0 Å². The molecule has 1 amide bonds. The lowest BCUT2D eigenvalue weighted by atomic mass is 10.3. The van der Waals surface area contributed by atoms with Crippen molar-refractivity contribution in [2.75, 3.05) is 6.54 Å². The van der Waals surface area contributed by atoms with Crippen LogP contribution in [0.15, 0.2) is 4.52 Å². The van der Waals surface area contributed by atoms with E-state index in [2.05, 4.69) is 10.1 Å². The fourth-order valence-corrected chi connectivity index (χ4v) is 1.47. The molecule has 2 heterocycles. The Morgan fingerprint density at radius 2 is 2.50 bits per heavy atom. The van der Waals surface area contributed by atoms with Gasteiger partial charge in [0.15, 0.2) is 5.82 Å². The predicted octanol–water partition coefficient (Wildman–Crippen LogP) is -0.529. The van der Waals surface area contributed by atoms with Gasteiger partial charge in [-0.15, -0.1) is 0 Å². The van der Waals surface area contributed by atoms with Crippen LogP contribution in [0.3, 0.4) is 0 Å². The average Bonchev–Trinajstić information content (AvgIpc) is 2.61. The first kappa shape index (κ1) is 9.14. The van der Waals surface area contributed by atoms with Gasteiger partial charge in [-0.05, 0) is 6.92 Å². The fourth-order valence-electron chi connectivity index (χ4n) is 1.47. The number of likely N-dealkylation sites (tertiary alicyclic amines) is 1. The monoisotopic (exact) mass is 197 g/mol. The Hall–Kier alpha value is -1.43. The number of aliphatic hydroxyl groups is 1. The molecule has 1 aromatic rings. The largest absolute Gasteiger partial charge is 0.391 e. The molecule has 0 saturated carbocycles. The number of rotatable bonds is 2. The maximum Gasteiger partial charge on any atom is 0.246 e. The minimum absolute atomic E-state index is 0.0756. The van der Waals surface area contributed by atoms with Gasteiger partial charge < -0.3 is 14.5 Å². The molecule has 0 spiro atoms. The first-order valence-corrected chi connectivity index (χ1v) is 4.40. The Bertz CT molecular complexity index is 349. The third-order valence-electron chi connectivity index (χ3n) is 2.09. The summed E-state index contributed by atoms with van der Waals surface area (Å²) < 4.78 is 4.87. The Balaban J connectivity index is 2.01. The molecule has 1 N–H and O–H groups in total. The SMILES string of the molecule is Cc1noc(CN2CC(O)CC2=O)n1. The molecule has 1 saturated heterocycles. The molecule has 76 valence electrons. The van der Waals surface area contributed by atoms with Crippen LogP contribution in [-0.2, 0) is 11.3 Å². The van der Waals surface area contributed by atoms with Gasteiger partial charge >= 0.3 is 0 Å². The summed E-state index contributed by atoms with van der Waals surface area (Å²) in [5.74, 6) is 0.880. The van der Waals surface area contributed by atoms with E-state index in [4.69, 9.17) is 4.52 Å². The lowest BCUT2D eigenvalue weighted by molar-refractivity contribution is -0.128. The molecule has 6 heteroatoms. The van der Waals surface area contributed by atoms with Gasteiger partial charge in [-0.3, -0.25) is 4.79 Å². The molecule has 1 aromatic heterocycles. The van der Waals surface area contributed by atoms with Crippen molar-refractivity contribution in [3.63, 3.8) is 0 Å². The van der Waals surface area contributed by atoms with Crippen LogP contribution in [-0.4, -0.2) is 38.7 Å². The quantitative estimate of drug-likeness (QED) is 0.689. The highest BCUT2D eigenvalue weighted by Crippen LogP contribution is 2.13. The standard InChI is InChI=1S/C8H11N3O3/c1-5-9-7(14-10-5)4-11-3-6(12)2-8(11)13/h6,12H,2-4H2,1H3. The Morgan fingerprint density at radius 3 is 3.00 bits per heavy atom. The fraction of sp³-hybridized carbons (Fsp3) is 0.625. The first-order valence-electron chi connectivity index (χ1n) is 4.40. The van der Waals surface area contributed by atoms with Crippen molar-refractivity contribution >= 4 is 5.91 Å². The van der Waals surface area contributed by atoms with Crippen LogP contribution >= 0.6 is 0 Å². The van der Waals surface area contributed by atoms with Gasteiger partial charge in [0.2, 0.25) is 11.8 Å². The van der Waals surface area contributed by atoms with Crippen LogP contribution in [0.1, 0.15) is 18.1 Å². The number of hydrogen-bond donors (Lipinski definition) is 1. The van der Waals surface area contributed by atoms with Gasteiger partial charge in [-0.25, -0.2) is 0 Å². The topological polar surface area (TPSA) is 79.5 Å². The molecular formula is C8H11N3O3. The van der Waals surface area contributed by atoms with Crippen LogP contribution in [0.25, 0.3) is 0 Å². The minimum atomic E-state index is -0.563. The van der Waals surface area contributed by atoms with Gasteiger partial charge in [0, 0.05) is 6.54 Å². The third-order valence-corrected chi connectivity index (χ3v) is 2.09. The van der Waals surface area contributed by atoms with Crippen molar-refractivity contribution in [1.82, 2.24) is 15.0 Å². The van der Waals surface area contributed by atoms with Gasteiger partial charge in [0.25, 0.3) is 0 Å². The molecule has 1 unspecified atom stereocenters. The zero-order chi connectivity index (χ0) is 10.1. The molecule has 1 fully saturated rings. The summed E-state index contributed by atoms with van der Waals surface area (Å²) in [6, 6.07) is 0. The normalized spacial score (nSPS) is 22.0. The maximum atomic E-state index is 11.3. The first-order chi connectivity index (χ1) is 6.65. The molecule has 0 bridgehead atoms. The zero-order valence-corrected chi connectivity index (χ0v) is 7.80. The van der Waals surface area contributed by atoms with E-state index in [9.17, 15) is 9.90 Å². The van der Waals surface area contributed by atoms with E-state index in [0.717, 1.165) is 0 Å². The lowest BCUT2D eigenvalue weighted by Gasteiger charge is -2.11. The zero-order valence-electron chi connectivity index (χ0n) is 7.80. The Kier molecular flexibility index (Phi) is 2.20. The van der Waals surface area contributed by atoms with Crippen LogP contribution in [0.2, 0.25) is 0 Å². The highest BCUT2D eigenvalue weighted by Gasteiger charge is 2.28. The highest BCUT2D eigenvalue weighted by atomic mass is 16.5. The van der Waals surface area contributed by atoms with Crippen molar-refractivity contribution in [3.05, 3.63) is 11.7 Å². The van der Waals surface area contributed by atoms with Gasteiger partial charge in [0.05, 0.1) is 12.5 Å². The highest BCUT2D eigenvalue weighted by molar-refractivity contribution is 5.78. The lowest BCUT2D eigenvalue weighted by Crippen LogP contribution is -2.25. The van der Waals surface area contributed by atoms with E-state index in [0.29, 0.717) is 18.3 Å². The van der Waals surface area contributed by atoms with Crippen molar-refractivity contribution in [2.24, 2.45) is 0 Å². The summed E-state index contributed by atoms with van der Waals surface area (Å²) in [5.41, 5.74) is 0. The van der Waals surface area contributed by atoms with E-state index in [1.54, 1.807) is 6.92 Å². The van der Waals surface area contributed by atoms with Crippen LogP contribution in [0, 0.1) is 6.92 Å². The molecule has 0 radical (unpaired) electrons. The smallest absolute Gasteiger partial charge is 0.246 e. The van der Waals surface area contributed by atoms with Gasteiger partial charge in [-0.2, -0.15) is 4.98 Å². The molecule has 14 heavy (non-hydrogen) atoms. The molecule has 0 aliphatic carbocycles. The number of β-amino-alcohol motifs (C(OH)–C–C–N with tert-alkyl or cyclic N) is 1. The van der Waals surface area contributed by atoms with Gasteiger partial charge in [0.1, 0.15) is 6.54 Å². The van der Waals surface area contributed by atoms with E-state index in [-0.39, 0.29) is 18.9 Å². The maximum absolute atomic E-state index is 11.3. The third kappa shape index (κ3) is 1.74. The number of hydrogen-bond acceptors (Lipinski definition) is 5. The molecular weight excluding hydrogens is 186 g/mol. The van der Waals surface area contributed by atoms with Crippen molar-refractivity contribution in [1.29, 1.82) is 0 Å². The van der Waals surface area contributed by atoms with Crippen LogP contribution in [0.5, 0.6) is 0 Å². The molecule has 1 aliphatic rings. The van der Waals surface area contributed by atoms with E-state index < -0.39 is 6.10 Å². The molecule has 1 atom stereocenters. The average molecular weight is 197 g/mol. The summed E-state index contributed by atoms with van der Waals surface area (Å²) in [7, 11) is 0. The van der Waals surface area contributed by atoms with Crippen LogP contribution in [0.4, 0.5) is 0 Å². The van der Waals surface area contributed by atoms with Crippen LogP contribution < -0.4 is 0 Å².